The second-order valence-corrected chi connectivity index (χ2v) is 6.47. The van der Waals surface area contributed by atoms with Crippen LogP contribution >= 0.6 is 0 Å². The molecule has 26 heavy (non-hydrogen) atoms. The summed E-state index contributed by atoms with van der Waals surface area (Å²) < 4.78 is 42.9. The number of halogens is 3. The van der Waals surface area contributed by atoms with Gasteiger partial charge in [-0.05, 0) is 39.0 Å². The Morgan fingerprint density at radius 3 is 2.19 bits per heavy atom. The first-order valence-electron chi connectivity index (χ1n) is 8.93. The highest BCUT2D eigenvalue weighted by atomic mass is 19.3. The number of benzene rings is 1. The molecule has 1 aliphatic carbocycles. The van der Waals surface area contributed by atoms with Crippen molar-refractivity contribution in [1.82, 2.24) is 0 Å². The van der Waals surface area contributed by atoms with Crippen LogP contribution in [0.1, 0.15) is 53.9 Å². The van der Waals surface area contributed by atoms with Gasteiger partial charge in [-0.2, -0.15) is 0 Å². The minimum Gasteiger partial charge on any atom is -0.378 e. The van der Waals surface area contributed by atoms with Crippen molar-refractivity contribution in [2.45, 2.75) is 65.9 Å². The summed E-state index contributed by atoms with van der Waals surface area (Å²) in [4.78, 5) is 11.7. The Labute approximate surface area is 154 Å². The predicted octanol–water partition coefficient (Wildman–Crippen LogP) is 5.45. The van der Waals surface area contributed by atoms with Gasteiger partial charge in [-0.1, -0.05) is 33.1 Å². The van der Waals surface area contributed by atoms with E-state index >= 15 is 0 Å². The molecule has 2 rings (SSSR count). The first-order valence-corrected chi connectivity index (χ1v) is 8.93. The zero-order valence-corrected chi connectivity index (χ0v) is 16.3. The molecule has 0 saturated heterocycles. The molecule has 1 aliphatic rings. The van der Waals surface area contributed by atoms with Gasteiger partial charge in [0.05, 0.1) is 23.5 Å². The molecule has 1 aromatic rings. The molecular weight excluding hydrogens is 345 g/mol. The Balaban J connectivity index is 0.00000109. The Kier molecular flexibility index (Phi) is 11.7. The Morgan fingerprint density at radius 1 is 1.15 bits per heavy atom. The molecule has 150 valence electrons. The Morgan fingerprint density at radius 2 is 1.73 bits per heavy atom. The molecular formula is C19H31F3N2O2. The molecule has 0 bridgehead atoms. The molecule has 1 fully saturated rings. The molecule has 0 atom stereocenters. The third-order valence-electron chi connectivity index (χ3n) is 2.69. The van der Waals surface area contributed by atoms with Crippen molar-refractivity contribution in [2.75, 3.05) is 23.8 Å². The van der Waals surface area contributed by atoms with Crippen LogP contribution in [0.3, 0.4) is 0 Å². The smallest absolute Gasteiger partial charge is 0.255 e. The summed E-state index contributed by atoms with van der Waals surface area (Å²) in [6.07, 6.45) is 1.95. The van der Waals surface area contributed by atoms with Gasteiger partial charge in [0.15, 0.2) is 0 Å². The van der Waals surface area contributed by atoms with Crippen LogP contribution in [0.2, 0.25) is 0 Å². The summed E-state index contributed by atoms with van der Waals surface area (Å²) in [7, 11) is 0. The molecule has 0 aliphatic heterocycles. The van der Waals surface area contributed by atoms with E-state index < -0.39 is 30.3 Å². The molecule has 0 spiro atoms. The lowest BCUT2D eigenvalue weighted by Crippen LogP contribution is -2.27. The largest absolute Gasteiger partial charge is 0.378 e. The van der Waals surface area contributed by atoms with Crippen LogP contribution < -0.4 is 10.6 Å². The number of rotatable bonds is 6. The molecule has 1 aromatic carbocycles. The summed E-state index contributed by atoms with van der Waals surface area (Å²) >= 11 is 0. The zero-order valence-electron chi connectivity index (χ0n) is 16.3. The topological polar surface area (TPSA) is 50.4 Å². The number of amides is 1. The van der Waals surface area contributed by atoms with Crippen LogP contribution in [0.15, 0.2) is 18.2 Å². The maximum Gasteiger partial charge on any atom is 0.255 e. The van der Waals surface area contributed by atoms with E-state index in [0.717, 1.165) is 12.1 Å². The molecule has 0 heterocycles. The lowest BCUT2D eigenvalue weighted by Gasteiger charge is -2.19. The van der Waals surface area contributed by atoms with Gasteiger partial charge < -0.3 is 15.4 Å². The van der Waals surface area contributed by atoms with Crippen LogP contribution in [0, 0.1) is 5.82 Å². The van der Waals surface area contributed by atoms with Crippen molar-refractivity contribution in [3.05, 3.63) is 24.0 Å². The fourth-order valence-electron chi connectivity index (χ4n) is 1.43. The third kappa shape index (κ3) is 13.5. The Bertz CT molecular complexity index is 527. The van der Waals surface area contributed by atoms with Crippen molar-refractivity contribution < 1.29 is 22.7 Å². The normalized spacial score (nSPS) is 12.3. The fourth-order valence-corrected chi connectivity index (χ4v) is 1.43. The third-order valence-corrected chi connectivity index (χ3v) is 2.69. The van der Waals surface area contributed by atoms with Gasteiger partial charge in [-0.3, -0.25) is 4.79 Å². The molecule has 0 radical (unpaired) electrons. The molecule has 0 unspecified atom stereocenters. The summed E-state index contributed by atoms with van der Waals surface area (Å²) in [5.74, 6) is -1.07. The number of carbonyl (C=O) groups excluding carboxylic acids is 1. The first kappa shape index (κ1) is 24.2. The lowest BCUT2D eigenvalue weighted by molar-refractivity contribution is -0.125. The van der Waals surface area contributed by atoms with Gasteiger partial charge in [-0.25, -0.2) is 13.2 Å². The quantitative estimate of drug-likeness (QED) is 0.694. The van der Waals surface area contributed by atoms with Crippen LogP contribution in [-0.2, 0) is 9.53 Å². The average molecular weight is 376 g/mol. The standard InChI is InChI=1S/C14H19F3N2O2.C3H6.C2H6/c1-14(2,3)21-8-13(20)19-11-6-9(15)4-5-10(11)18-7-12(16)17;1-2-3-1;1-2/h4-6,12,18H,7-8H2,1-3H3,(H,19,20);1-3H2;1-2H3. The van der Waals surface area contributed by atoms with Crippen molar-refractivity contribution in [2.24, 2.45) is 0 Å². The van der Waals surface area contributed by atoms with Crippen molar-refractivity contribution in [3.8, 4) is 0 Å². The van der Waals surface area contributed by atoms with Crippen LogP contribution in [0.4, 0.5) is 24.5 Å². The van der Waals surface area contributed by atoms with E-state index in [9.17, 15) is 18.0 Å². The molecule has 4 nitrogen and oxygen atoms in total. The number of hydrogen-bond acceptors (Lipinski definition) is 3. The maximum atomic E-state index is 13.2. The van der Waals surface area contributed by atoms with E-state index in [4.69, 9.17) is 4.74 Å². The number of nitrogens with one attached hydrogen (secondary N) is 2. The average Bonchev–Trinajstić information content (AvgIpc) is 3.42. The van der Waals surface area contributed by atoms with E-state index in [0.29, 0.717) is 0 Å². The van der Waals surface area contributed by atoms with Crippen molar-refractivity contribution >= 4 is 17.3 Å². The van der Waals surface area contributed by atoms with Crippen LogP contribution in [0.5, 0.6) is 0 Å². The van der Waals surface area contributed by atoms with E-state index in [1.165, 1.54) is 25.3 Å². The Hall–Kier alpha value is -1.76. The number of hydrogen-bond donors (Lipinski definition) is 2. The summed E-state index contributed by atoms with van der Waals surface area (Å²) in [6.45, 7) is 8.57. The second-order valence-electron chi connectivity index (χ2n) is 6.47. The van der Waals surface area contributed by atoms with Gasteiger partial charge in [0, 0.05) is 0 Å². The van der Waals surface area contributed by atoms with Gasteiger partial charge in [0.1, 0.15) is 12.4 Å². The monoisotopic (exact) mass is 376 g/mol. The highest BCUT2D eigenvalue weighted by molar-refractivity contribution is 5.95. The zero-order chi connectivity index (χ0) is 20.2. The number of anilines is 2. The van der Waals surface area contributed by atoms with Crippen molar-refractivity contribution in [3.63, 3.8) is 0 Å². The number of ether oxygens (including phenoxy) is 1. The molecule has 2 N–H and O–H groups in total. The molecule has 1 saturated carbocycles. The first-order chi connectivity index (χ1) is 12.2. The molecule has 0 aromatic heterocycles. The fraction of sp³-hybridized carbons (Fsp3) is 0.632. The SMILES string of the molecule is C1CC1.CC.CC(C)(C)OCC(=O)Nc1cc(F)ccc1NCC(F)F. The minimum absolute atomic E-state index is 0.0955. The number of carbonyl (C=O) groups is 1. The molecule has 1 amide bonds. The maximum absolute atomic E-state index is 13.2. The minimum atomic E-state index is -2.55. The predicted molar refractivity (Wildman–Crippen MR) is 100 cm³/mol. The summed E-state index contributed by atoms with van der Waals surface area (Å²) in [5, 5.41) is 4.88. The lowest BCUT2D eigenvalue weighted by atomic mass is 10.2. The van der Waals surface area contributed by atoms with Gasteiger partial charge in [0.25, 0.3) is 6.43 Å². The van der Waals surface area contributed by atoms with Crippen molar-refractivity contribution in [1.29, 1.82) is 0 Å². The van der Waals surface area contributed by atoms with E-state index in [1.54, 1.807) is 20.8 Å². The highest BCUT2D eigenvalue weighted by Gasteiger charge is 2.14. The van der Waals surface area contributed by atoms with Crippen LogP contribution in [-0.4, -0.2) is 31.1 Å². The van der Waals surface area contributed by atoms with Gasteiger partial charge in [0.2, 0.25) is 5.91 Å². The van der Waals surface area contributed by atoms with Gasteiger partial charge >= 0.3 is 0 Å². The van der Waals surface area contributed by atoms with Crippen LogP contribution in [0.25, 0.3) is 0 Å². The van der Waals surface area contributed by atoms with E-state index in [1.807, 2.05) is 13.8 Å². The second kappa shape index (κ2) is 12.6. The summed E-state index contributed by atoms with van der Waals surface area (Å²) in [6, 6.07) is 3.47. The van der Waals surface area contributed by atoms with E-state index in [-0.39, 0.29) is 18.0 Å². The summed E-state index contributed by atoms with van der Waals surface area (Å²) in [5.41, 5.74) is -0.172. The number of alkyl halides is 2. The van der Waals surface area contributed by atoms with Gasteiger partial charge in [-0.15, -0.1) is 0 Å². The highest BCUT2D eigenvalue weighted by Crippen LogP contribution is 2.23. The molecule has 7 heteroatoms. The van der Waals surface area contributed by atoms with E-state index in [2.05, 4.69) is 10.6 Å².